The summed E-state index contributed by atoms with van der Waals surface area (Å²) in [5.41, 5.74) is 2.12. The van der Waals surface area contributed by atoms with Gasteiger partial charge in [-0.05, 0) is 43.2 Å². The number of nitro benzene ring substituents is 1. The van der Waals surface area contributed by atoms with E-state index in [9.17, 15) is 19.7 Å². The van der Waals surface area contributed by atoms with Crippen LogP contribution < -0.4 is 16.0 Å². The molecule has 3 N–H and O–H groups in total. The van der Waals surface area contributed by atoms with Crippen molar-refractivity contribution in [3.63, 3.8) is 0 Å². The van der Waals surface area contributed by atoms with E-state index < -0.39 is 4.92 Å². The molecule has 8 nitrogen and oxygen atoms in total. The van der Waals surface area contributed by atoms with Crippen molar-refractivity contribution in [1.82, 2.24) is 0 Å². The van der Waals surface area contributed by atoms with Crippen LogP contribution in [0.25, 0.3) is 0 Å². The highest BCUT2D eigenvalue weighted by Crippen LogP contribution is 2.26. The molecule has 2 aromatic carbocycles. The Labute approximate surface area is 167 Å². The molecule has 0 radical (unpaired) electrons. The van der Waals surface area contributed by atoms with Crippen molar-refractivity contribution >= 4 is 46.2 Å². The SMILES string of the molecule is CCCC(=O)Nc1ccc(Cl)c(NCC(=O)Nc2ccc([N+](=O)[O-])cc2C)c1. The molecule has 0 aliphatic rings. The maximum Gasteiger partial charge on any atom is 0.269 e. The Kier molecular flexibility index (Phi) is 7.34. The average Bonchev–Trinajstić information content (AvgIpc) is 2.63. The maximum atomic E-state index is 12.2. The van der Waals surface area contributed by atoms with Gasteiger partial charge in [0.25, 0.3) is 5.69 Å². The Bertz CT molecular complexity index is 901. The fourth-order valence-electron chi connectivity index (χ4n) is 2.46. The normalized spacial score (nSPS) is 10.2. The third-order valence-corrected chi connectivity index (χ3v) is 4.19. The smallest absolute Gasteiger partial charge is 0.269 e. The van der Waals surface area contributed by atoms with E-state index in [1.54, 1.807) is 25.1 Å². The van der Waals surface area contributed by atoms with E-state index in [0.717, 1.165) is 6.42 Å². The summed E-state index contributed by atoms with van der Waals surface area (Å²) >= 11 is 6.14. The van der Waals surface area contributed by atoms with E-state index in [1.807, 2.05) is 6.92 Å². The highest BCUT2D eigenvalue weighted by molar-refractivity contribution is 6.33. The summed E-state index contributed by atoms with van der Waals surface area (Å²) in [4.78, 5) is 34.2. The molecule has 0 fully saturated rings. The average molecular weight is 405 g/mol. The molecule has 0 aliphatic carbocycles. The van der Waals surface area contributed by atoms with Crippen molar-refractivity contribution < 1.29 is 14.5 Å². The number of nitro groups is 1. The minimum Gasteiger partial charge on any atom is -0.375 e. The van der Waals surface area contributed by atoms with Gasteiger partial charge in [-0.25, -0.2) is 0 Å². The van der Waals surface area contributed by atoms with Crippen molar-refractivity contribution in [2.45, 2.75) is 26.7 Å². The highest BCUT2D eigenvalue weighted by atomic mass is 35.5. The first kappa shape index (κ1) is 21.2. The van der Waals surface area contributed by atoms with Crippen LogP contribution in [0, 0.1) is 17.0 Å². The Morgan fingerprint density at radius 2 is 1.82 bits per heavy atom. The summed E-state index contributed by atoms with van der Waals surface area (Å²) in [5, 5.41) is 19.6. The van der Waals surface area contributed by atoms with E-state index >= 15 is 0 Å². The molecular weight excluding hydrogens is 384 g/mol. The Balaban J connectivity index is 1.98. The zero-order valence-electron chi connectivity index (χ0n) is 15.5. The van der Waals surface area contributed by atoms with Crippen LogP contribution in [0.5, 0.6) is 0 Å². The van der Waals surface area contributed by atoms with E-state index in [2.05, 4.69) is 16.0 Å². The molecule has 2 amide bonds. The van der Waals surface area contributed by atoms with Crippen LogP contribution in [0.2, 0.25) is 5.02 Å². The zero-order valence-corrected chi connectivity index (χ0v) is 16.3. The molecule has 9 heteroatoms. The number of non-ortho nitro benzene ring substituents is 1. The molecule has 148 valence electrons. The molecule has 0 spiro atoms. The highest BCUT2D eigenvalue weighted by Gasteiger charge is 2.11. The lowest BCUT2D eigenvalue weighted by Gasteiger charge is -2.12. The van der Waals surface area contributed by atoms with Gasteiger partial charge in [0.2, 0.25) is 11.8 Å². The van der Waals surface area contributed by atoms with E-state index in [4.69, 9.17) is 11.6 Å². The van der Waals surface area contributed by atoms with Crippen molar-refractivity contribution in [2.24, 2.45) is 0 Å². The first-order valence-corrected chi connectivity index (χ1v) is 9.06. The summed E-state index contributed by atoms with van der Waals surface area (Å²) in [6, 6.07) is 9.17. The van der Waals surface area contributed by atoms with Crippen molar-refractivity contribution in [3.05, 3.63) is 57.1 Å². The van der Waals surface area contributed by atoms with Gasteiger partial charge in [-0.3, -0.25) is 19.7 Å². The van der Waals surface area contributed by atoms with Crippen LogP contribution in [-0.4, -0.2) is 23.3 Å². The van der Waals surface area contributed by atoms with Crippen LogP contribution in [0.4, 0.5) is 22.7 Å². The number of carbonyl (C=O) groups is 2. The molecule has 0 aromatic heterocycles. The van der Waals surface area contributed by atoms with Crippen LogP contribution in [0.1, 0.15) is 25.3 Å². The second kappa shape index (κ2) is 9.70. The number of carbonyl (C=O) groups excluding carboxylic acids is 2. The van der Waals surface area contributed by atoms with E-state index in [-0.39, 0.29) is 24.0 Å². The number of hydrogen-bond acceptors (Lipinski definition) is 5. The lowest BCUT2D eigenvalue weighted by molar-refractivity contribution is -0.384. The van der Waals surface area contributed by atoms with Gasteiger partial charge in [0.05, 0.1) is 22.2 Å². The molecule has 0 heterocycles. The van der Waals surface area contributed by atoms with Gasteiger partial charge in [-0.15, -0.1) is 0 Å². The topological polar surface area (TPSA) is 113 Å². The first-order chi connectivity index (χ1) is 13.3. The molecule has 0 unspecified atom stereocenters. The molecule has 0 bridgehead atoms. The summed E-state index contributed by atoms with van der Waals surface area (Å²) in [6.07, 6.45) is 1.16. The maximum absolute atomic E-state index is 12.2. The van der Waals surface area contributed by atoms with Gasteiger partial charge >= 0.3 is 0 Å². The van der Waals surface area contributed by atoms with Crippen LogP contribution >= 0.6 is 11.6 Å². The van der Waals surface area contributed by atoms with Crippen molar-refractivity contribution in [1.29, 1.82) is 0 Å². The second-order valence-electron chi connectivity index (χ2n) is 6.15. The zero-order chi connectivity index (χ0) is 20.7. The minimum atomic E-state index is -0.492. The Hall–Kier alpha value is -3.13. The van der Waals surface area contributed by atoms with E-state index in [0.29, 0.717) is 34.1 Å². The Morgan fingerprint density at radius 3 is 2.46 bits per heavy atom. The third kappa shape index (κ3) is 5.95. The van der Waals surface area contributed by atoms with Gasteiger partial charge < -0.3 is 16.0 Å². The summed E-state index contributed by atoms with van der Waals surface area (Å²) in [7, 11) is 0. The van der Waals surface area contributed by atoms with Crippen molar-refractivity contribution in [2.75, 3.05) is 22.5 Å². The second-order valence-corrected chi connectivity index (χ2v) is 6.56. The summed E-state index contributed by atoms with van der Waals surface area (Å²) < 4.78 is 0. The largest absolute Gasteiger partial charge is 0.375 e. The molecule has 0 atom stereocenters. The van der Waals surface area contributed by atoms with Gasteiger partial charge in [0.15, 0.2) is 0 Å². The van der Waals surface area contributed by atoms with E-state index in [1.165, 1.54) is 18.2 Å². The third-order valence-electron chi connectivity index (χ3n) is 3.86. The quantitative estimate of drug-likeness (QED) is 0.447. The lowest BCUT2D eigenvalue weighted by atomic mass is 10.2. The molecule has 2 rings (SSSR count). The number of amides is 2. The molecule has 0 saturated carbocycles. The van der Waals surface area contributed by atoms with Crippen molar-refractivity contribution in [3.8, 4) is 0 Å². The fraction of sp³-hybridized carbons (Fsp3) is 0.263. The molecule has 0 saturated heterocycles. The number of rotatable bonds is 8. The number of halogens is 1. The standard InChI is InChI=1S/C19H21ClN4O4/c1-3-4-18(25)22-13-5-7-15(20)17(10-13)21-11-19(26)23-16-8-6-14(24(27)28)9-12(16)2/h5-10,21H,3-4,11H2,1-2H3,(H,22,25)(H,23,26). The number of benzene rings is 2. The number of nitrogens with zero attached hydrogens (tertiary/aromatic N) is 1. The van der Waals surface area contributed by atoms with Gasteiger partial charge in [-0.1, -0.05) is 18.5 Å². The van der Waals surface area contributed by atoms with Gasteiger partial charge in [-0.2, -0.15) is 0 Å². The van der Waals surface area contributed by atoms with Crippen LogP contribution in [0.3, 0.4) is 0 Å². The van der Waals surface area contributed by atoms with Gasteiger partial charge in [0, 0.05) is 29.9 Å². The van der Waals surface area contributed by atoms with Gasteiger partial charge in [0.1, 0.15) is 0 Å². The monoisotopic (exact) mass is 404 g/mol. The summed E-state index contributed by atoms with van der Waals surface area (Å²) in [6.45, 7) is 3.53. The Morgan fingerprint density at radius 1 is 1.07 bits per heavy atom. The molecule has 0 aliphatic heterocycles. The first-order valence-electron chi connectivity index (χ1n) is 8.68. The number of aryl methyl sites for hydroxylation is 1. The minimum absolute atomic E-state index is 0.0395. The molecule has 28 heavy (non-hydrogen) atoms. The fourth-order valence-corrected chi connectivity index (χ4v) is 2.64. The number of hydrogen-bond donors (Lipinski definition) is 3. The number of anilines is 3. The van der Waals surface area contributed by atoms with Crippen LogP contribution in [-0.2, 0) is 9.59 Å². The number of nitrogens with one attached hydrogen (secondary N) is 3. The van der Waals surface area contributed by atoms with Crippen LogP contribution in [0.15, 0.2) is 36.4 Å². The summed E-state index contributed by atoms with van der Waals surface area (Å²) in [5.74, 6) is -0.435. The molecular formula is C19H21ClN4O4. The predicted octanol–water partition coefficient (Wildman–Crippen LogP) is 4.35. The lowest BCUT2D eigenvalue weighted by Crippen LogP contribution is -2.22. The predicted molar refractivity (Wildman–Crippen MR) is 110 cm³/mol. The molecule has 2 aromatic rings.